The normalized spacial score (nSPS) is 28.4. The van der Waals surface area contributed by atoms with Gasteiger partial charge in [0, 0.05) is 23.9 Å². The molecule has 0 radical (unpaired) electrons. The molecule has 0 spiro atoms. The number of aliphatic hydroxyl groups is 2. The van der Waals surface area contributed by atoms with Crippen LogP contribution in [0.25, 0.3) is 0 Å². The Kier molecular flexibility index (Phi) is 3.18. The molecule has 1 aromatic rings. The van der Waals surface area contributed by atoms with E-state index in [1.54, 1.807) is 11.3 Å². The van der Waals surface area contributed by atoms with Gasteiger partial charge in [-0.05, 0) is 13.3 Å². The SMILES string of the molecule is CC1(C)CN(c2nc(CO)cs2)CC[C@@]1(C)O. The van der Waals surface area contributed by atoms with Crippen molar-refractivity contribution in [2.75, 3.05) is 18.0 Å². The van der Waals surface area contributed by atoms with E-state index in [0.717, 1.165) is 30.3 Å². The van der Waals surface area contributed by atoms with Crippen LogP contribution in [0.5, 0.6) is 0 Å². The molecule has 1 saturated heterocycles. The molecule has 0 aromatic carbocycles. The Balaban J connectivity index is 2.15. The van der Waals surface area contributed by atoms with Crippen molar-refractivity contribution in [2.45, 2.75) is 39.4 Å². The lowest BCUT2D eigenvalue weighted by atomic mass is 9.71. The molecule has 0 saturated carbocycles. The summed E-state index contributed by atoms with van der Waals surface area (Å²) in [7, 11) is 0. The van der Waals surface area contributed by atoms with Gasteiger partial charge in [-0.2, -0.15) is 0 Å². The molecule has 96 valence electrons. The predicted molar refractivity (Wildman–Crippen MR) is 69.3 cm³/mol. The highest BCUT2D eigenvalue weighted by molar-refractivity contribution is 7.13. The molecule has 5 heteroatoms. The van der Waals surface area contributed by atoms with Crippen molar-refractivity contribution in [3.63, 3.8) is 0 Å². The lowest BCUT2D eigenvalue weighted by Gasteiger charge is -2.48. The lowest BCUT2D eigenvalue weighted by molar-refractivity contribution is -0.0649. The minimum absolute atomic E-state index is 0.00848. The Hall–Kier alpha value is -0.650. The van der Waals surface area contributed by atoms with Gasteiger partial charge in [-0.3, -0.25) is 0 Å². The van der Waals surface area contributed by atoms with E-state index in [2.05, 4.69) is 23.7 Å². The summed E-state index contributed by atoms with van der Waals surface area (Å²) in [4.78, 5) is 6.57. The molecule has 1 atom stereocenters. The van der Waals surface area contributed by atoms with Gasteiger partial charge in [0.15, 0.2) is 5.13 Å². The number of rotatable bonds is 2. The van der Waals surface area contributed by atoms with Crippen molar-refractivity contribution in [3.05, 3.63) is 11.1 Å². The van der Waals surface area contributed by atoms with E-state index in [4.69, 9.17) is 5.11 Å². The largest absolute Gasteiger partial charge is 0.390 e. The third-order valence-corrected chi connectivity index (χ3v) is 4.84. The number of piperidine rings is 1. The van der Waals surface area contributed by atoms with Gasteiger partial charge < -0.3 is 15.1 Å². The lowest BCUT2D eigenvalue weighted by Crippen LogP contribution is -2.55. The summed E-state index contributed by atoms with van der Waals surface area (Å²) in [6.45, 7) is 7.67. The fourth-order valence-corrected chi connectivity index (χ4v) is 2.94. The topological polar surface area (TPSA) is 56.6 Å². The van der Waals surface area contributed by atoms with Crippen molar-refractivity contribution in [3.8, 4) is 0 Å². The van der Waals surface area contributed by atoms with E-state index >= 15 is 0 Å². The maximum absolute atomic E-state index is 10.3. The fourth-order valence-electron chi connectivity index (χ4n) is 2.09. The molecule has 1 aromatic heterocycles. The van der Waals surface area contributed by atoms with Crippen molar-refractivity contribution in [1.82, 2.24) is 4.98 Å². The number of hydrogen-bond donors (Lipinski definition) is 2. The standard InChI is InChI=1S/C12H20N2O2S/c1-11(2)8-14(5-4-12(11,3)16)10-13-9(6-15)7-17-10/h7,15-16H,4-6,8H2,1-3H3/t12-/m1/s1. The van der Waals surface area contributed by atoms with E-state index in [9.17, 15) is 5.11 Å². The summed E-state index contributed by atoms with van der Waals surface area (Å²) in [5.41, 5.74) is -0.0585. The van der Waals surface area contributed by atoms with Crippen molar-refractivity contribution in [2.24, 2.45) is 5.41 Å². The van der Waals surface area contributed by atoms with Gasteiger partial charge in [-0.1, -0.05) is 13.8 Å². The van der Waals surface area contributed by atoms with Gasteiger partial charge in [0.25, 0.3) is 0 Å². The fraction of sp³-hybridized carbons (Fsp3) is 0.750. The third kappa shape index (κ3) is 2.32. The van der Waals surface area contributed by atoms with Crippen molar-refractivity contribution in [1.29, 1.82) is 0 Å². The molecule has 17 heavy (non-hydrogen) atoms. The highest BCUT2D eigenvalue weighted by Crippen LogP contribution is 2.40. The summed E-state index contributed by atoms with van der Waals surface area (Å²) in [5.74, 6) is 0. The van der Waals surface area contributed by atoms with E-state index in [1.165, 1.54) is 0 Å². The van der Waals surface area contributed by atoms with Gasteiger partial charge in [-0.15, -0.1) is 11.3 Å². The highest BCUT2D eigenvalue weighted by atomic mass is 32.1. The summed E-state index contributed by atoms with van der Waals surface area (Å²) >= 11 is 1.55. The number of aromatic nitrogens is 1. The maximum Gasteiger partial charge on any atom is 0.185 e. The van der Waals surface area contributed by atoms with Crippen LogP contribution < -0.4 is 4.90 Å². The molecule has 1 aliphatic heterocycles. The quantitative estimate of drug-likeness (QED) is 0.844. The van der Waals surface area contributed by atoms with Crippen LogP contribution in [0.15, 0.2) is 5.38 Å². The van der Waals surface area contributed by atoms with Crippen molar-refractivity contribution < 1.29 is 10.2 Å². The first-order chi connectivity index (χ1) is 7.86. The Labute approximate surface area is 106 Å². The molecule has 4 nitrogen and oxygen atoms in total. The number of thiazole rings is 1. The van der Waals surface area contributed by atoms with Crippen LogP contribution in [-0.4, -0.2) is 33.9 Å². The van der Waals surface area contributed by atoms with Crippen LogP contribution in [0.3, 0.4) is 0 Å². The Morgan fingerprint density at radius 3 is 2.71 bits per heavy atom. The smallest absolute Gasteiger partial charge is 0.185 e. The summed E-state index contributed by atoms with van der Waals surface area (Å²) in [6.07, 6.45) is 0.744. The zero-order valence-electron chi connectivity index (χ0n) is 10.6. The average molecular weight is 256 g/mol. The first-order valence-corrected chi connectivity index (χ1v) is 6.76. The number of hydrogen-bond acceptors (Lipinski definition) is 5. The van der Waals surface area contributed by atoms with Gasteiger partial charge >= 0.3 is 0 Å². The number of aliphatic hydroxyl groups excluding tert-OH is 1. The maximum atomic E-state index is 10.3. The summed E-state index contributed by atoms with van der Waals surface area (Å²) < 4.78 is 0. The van der Waals surface area contributed by atoms with Gasteiger partial charge in [0.05, 0.1) is 17.9 Å². The average Bonchev–Trinajstić information content (AvgIpc) is 2.70. The van der Waals surface area contributed by atoms with Crippen molar-refractivity contribution >= 4 is 16.5 Å². The molecule has 0 aliphatic carbocycles. The molecule has 0 bridgehead atoms. The third-order valence-electron chi connectivity index (χ3n) is 3.88. The second-order valence-electron chi connectivity index (χ2n) is 5.61. The Bertz CT molecular complexity index is 401. The zero-order valence-corrected chi connectivity index (χ0v) is 11.4. The minimum atomic E-state index is -0.624. The predicted octanol–water partition coefficient (Wildman–Crippen LogP) is 1.62. The van der Waals surface area contributed by atoms with E-state index < -0.39 is 5.60 Å². The molecule has 1 aliphatic rings. The Morgan fingerprint density at radius 2 is 2.18 bits per heavy atom. The molecule has 2 N–H and O–H groups in total. The Morgan fingerprint density at radius 1 is 1.47 bits per heavy atom. The molecule has 1 fully saturated rings. The second-order valence-corrected chi connectivity index (χ2v) is 6.45. The zero-order chi connectivity index (χ0) is 12.7. The van der Waals surface area contributed by atoms with Crippen LogP contribution in [-0.2, 0) is 6.61 Å². The number of anilines is 1. The van der Waals surface area contributed by atoms with E-state index in [-0.39, 0.29) is 12.0 Å². The number of nitrogens with zero attached hydrogens (tertiary/aromatic N) is 2. The van der Waals surface area contributed by atoms with Crippen LogP contribution in [0.2, 0.25) is 0 Å². The van der Waals surface area contributed by atoms with E-state index in [0.29, 0.717) is 0 Å². The van der Waals surface area contributed by atoms with E-state index in [1.807, 2.05) is 12.3 Å². The minimum Gasteiger partial charge on any atom is -0.390 e. The molecule has 2 rings (SSSR count). The van der Waals surface area contributed by atoms with Gasteiger partial charge in [0.1, 0.15) is 0 Å². The van der Waals surface area contributed by atoms with Gasteiger partial charge in [-0.25, -0.2) is 4.98 Å². The second kappa shape index (κ2) is 4.23. The van der Waals surface area contributed by atoms with Crippen LogP contribution >= 0.6 is 11.3 Å². The molecule has 0 amide bonds. The van der Waals surface area contributed by atoms with Gasteiger partial charge in [0.2, 0.25) is 0 Å². The monoisotopic (exact) mass is 256 g/mol. The summed E-state index contributed by atoms with van der Waals surface area (Å²) in [6, 6.07) is 0. The molecule has 0 unspecified atom stereocenters. The molecular weight excluding hydrogens is 236 g/mol. The first-order valence-electron chi connectivity index (χ1n) is 5.88. The van der Waals surface area contributed by atoms with Crippen LogP contribution in [0.1, 0.15) is 32.9 Å². The molecule has 2 heterocycles. The van der Waals surface area contributed by atoms with Crippen LogP contribution in [0, 0.1) is 5.41 Å². The summed E-state index contributed by atoms with van der Waals surface area (Å²) in [5, 5.41) is 22.2. The first kappa shape index (κ1) is 12.8. The van der Waals surface area contributed by atoms with Crippen LogP contribution in [0.4, 0.5) is 5.13 Å². The highest BCUT2D eigenvalue weighted by Gasteiger charge is 2.44. The molecular formula is C12H20N2O2S.